The molecule has 3 nitrogen and oxygen atoms in total. The standard InChI is InChI=1S/C11H11ClF3NO2/c12-10-5-9(2-1-8(10)6-18)16(3-4-17)7-11(13,14)15/h1-2,5-6,17H,3-4,7H2. The van der Waals surface area contributed by atoms with Gasteiger partial charge in [-0.1, -0.05) is 11.6 Å². The summed E-state index contributed by atoms with van der Waals surface area (Å²) in [7, 11) is 0. The highest BCUT2D eigenvalue weighted by Crippen LogP contribution is 2.26. The molecule has 0 aliphatic heterocycles. The molecule has 0 atom stereocenters. The molecule has 0 aromatic heterocycles. The third-order valence-electron chi connectivity index (χ3n) is 2.22. The van der Waals surface area contributed by atoms with E-state index in [4.69, 9.17) is 16.7 Å². The number of benzene rings is 1. The van der Waals surface area contributed by atoms with Gasteiger partial charge in [0.1, 0.15) is 6.54 Å². The minimum atomic E-state index is -4.38. The molecular weight excluding hydrogens is 271 g/mol. The van der Waals surface area contributed by atoms with Gasteiger partial charge in [-0.2, -0.15) is 13.2 Å². The molecule has 0 unspecified atom stereocenters. The summed E-state index contributed by atoms with van der Waals surface area (Å²) in [5.41, 5.74) is 0.411. The van der Waals surface area contributed by atoms with Crippen LogP contribution in [0.1, 0.15) is 10.4 Å². The molecule has 0 aliphatic carbocycles. The van der Waals surface area contributed by atoms with Crippen LogP contribution < -0.4 is 4.90 Å². The fraction of sp³-hybridized carbons (Fsp3) is 0.364. The quantitative estimate of drug-likeness (QED) is 0.843. The summed E-state index contributed by atoms with van der Waals surface area (Å²) in [6, 6.07) is 3.97. The Morgan fingerprint density at radius 3 is 2.50 bits per heavy atom. The van der Waals surface area contributed by atoms with E-state index in [0.29, 0.717) is 6.29 Å². The van der Waals surface area contributed by atoms with Crippen molar-refractivity contribution in [2.24, 2.45) is 0 Å². The maximum absolute atomic E-state index is 12.3. The minimum Gasteiger partial charge on any atom is -0.395 e. The summed E-state index contributed by atoms with van der Waals surface area (Å²) >= 11 is 5.74. The molecule has 1 rings (SSSR count). The lowest BCUT2D eigenvalue weighted by Gasteiger charge is -2.25. The zero-order valence-electron chi connectivity index (χ0n) is 9.25. The topological polar surface area (TPSA) is 40.5 Å². The molecule has 1 aromatic rings. The smallest absolute Gasteiger partial charge is 0.395 e. The van der Waals surface area contributed by atoms with Gasteiger partial charge in [0, 0.05) is 17.8 Å². The molecular formula is C11H11ClF3NO2. The van der Waals surface area contributed by atoms with E-state index < -0.39 is 19.3 Å². The Labute approximate surface area is 107 Å². The van der Waals surface area contributed by atoms with Crippen molar-refractivity contribution in [1.29, 1.82) is 0 Å². The van der Waals surface area contributed by atoms with Crippen molar-refractivity contribution in [3.05, 3.63) is 28.8 Å². The van der Waals surface area contributed by atoms with Crippen LogP contribution in [-0.4, -0.2) is 37.3 Å². The highest BCUT2D eigenvalue weighted by molar-refractivity contribution is 6.33. The van der Waals surface area contributed by atoms with Gasteiger partial charge in [0.15, 0.2) is 6.29 Å². The van der Waals surface area contributed by atoms with Crippen LogP contribution >= 0.6 is 11.6 Å². The number of aliphatic hydroxyl groups is 1. The van der Waals surface area contributed by atoms with Crippen molar-refractivity contribution in [3.63, 3.8) is 0 Å². The van der Waals surface area contributed by atoms with Crippen molar-refractivity contribution < 1.29 is 23.1 Å². The molecule has 0 amide bonds. The van der Waals surface area contributed by atoms with Crippen molar-refractivity contribution in [2.45, 2.75) is 6.18 Å². The lowest BCUT2D eigenvalue weighted by molar-refractivity contribution is -0.119. The summed E-state index contributed by atoms with van der Waals surface area (Å²) in [6.45, 7) is -1.77. The zero-order valence-corrected chi connectivity index (χ0v) is 10.0. The second-order valence-electron chi connectivity index (χ2n) is 3.58. The van der Waals surface area contributed by atoms with Crippen molar-refractivity contribution >= 4 is 23.6 Å². The van der Waals surface area contributed by atoms with Gasteiger partial charge in [-0.05, 0) is 18.2 Å². The SMILES string of the molecule is O=Cc1ccc(N(CCO)CC(F)(F)F)cc1Cl. The molecule has 100 valence electrons. The van der Waals surface area contributed by atoms with Crippen LogP contribution in [0.15, 0.2) is 18.2 Å². The van der Waals surface area contributed by atoms with Gasteiger partial charge in [-0.3, -0.25) is 4.79 Å². The summed E-state index contributed by atoms with van der Waals surface area (Å²) < 4.78 is 37.0. The number of nitrogens with zero attached hydrogens (tertiary/aromatic N) is 1. The third kappa shape index (κ3) is 4.19. The first kappa shape index (κ1) is 14.8. The fourth-order valence-electron chi connectivity index (χ4n) is 1.44. The van der Waals surface area contributed by atoms with Gasteiger partial charge in [-0.25, -0.2) is 0 Å². The van der Waals surface area contributed by atoms with Gasteiger partial charge < -0.3 is 10.0 Å². The van der Waals surface area contributed by atoms with Crippen LogP contribution in [0.3, 0.4) is 0 Å². The Morgan fingerprint density at radius 2 is 2.06 bits per heavy atom. The highest BCUT2D eigenvalue weighted by atomic mass is 35.5. The lowest BCUT2D eigenvalue weighted by atomic mass is 10.2. The molecule has 0 radical (unpaired) electrons. The molecule has 1 aromatic carbocycles. The van der Waals surface area contributed by atoms with Crippen molar-refractivity contribution in [3.8, 4) is 0 Å². The Bertz CT molecular complexity index is 423. The lowest BCUT2D eigenvalue weighted by Crippen LogP contribution is -2.36. The molecule has 7 heteroatoms. The van der Waals surface area contributed by atoms with Gasteiger partial charge in [0.05, 0.1) is 11.6 Å². The molecule has 0 saturated heterocycles. The van der Waals surface area contributed by atoms with E-state index >= 15 is 0 Å². The molecule has 18 heavy (non-hydrogen) atoms. The molecule has 0 fully saturated rings. The first-order valence-electron chi connectivity index (χ1n) is 5.04. The van der Waals surface area contributed by atoms with Crippen LogP contribution in [0.5, 0.6) is 0 Å². The summed E-state index contributed by atoms with van der Waals surface area (Å²) in [6.07, 6.45) is -3.86. The van der Waals surface area contributed by atoms with E-state index in [1.54, 1.807) is 0 Å². The Morgan fingerprint density at radius 1 is 1.39 bits per heavy atom. The fourth-order valence-corrected chi connectivity index (χ4v) is 1.66. The van der Waals surface area contributed by atoms with Gasteiger partial charge in [-0.15, -0.1) is 0 Å². The monoisotopic (exact) mass is 281 g/mol. The summed E-state index contributed by atoms with van der Waals surface area (Å²) in [5.74, 6) is 0. The number of carbonyl (C=O) groups is 1. The normalized spacial score (nSPS) is 11.4. The number of anilines is 1. The summed E-state index contributed by atoms with van der Waals surface area (Å²) in [4.78, 5) is 11.5. The average Bonchev–Trinajstić information content (AvgIpc) is 2.26. The van der Waals surface area contributed by atoms with Gasteiger partial charge in [0.2, 0.25) is 0 Å². The first-order valence-corrected chi connectivity index (χ1v) is 5.42. The second kappa shape index (κ2) is 6.06. The predicted octanol–water partition coefficient (Wildman–Crippen LogP) is 2.51. The van der Waals surface area contributed by atoms with Crippen molar-refractivity contribution in [1.82, 2.24) is 0 Å². The van der Waals surface area contributed by atoms with E-state index in [1.807, 2.05) is 0 Å². The number of hydrogen-bond donors (Lipinski definition) is 1. The van der Waals surface area contributed by atoms with Gasteiger partial charge in [0.25, 0.3) is 0 Å². The third-order valence-corrected chi connectivity index (χ3v) is 2.54. The number of alkyl halides is 3. The molecule has 0 heterocycles. The van der Waals surface area contributed by atoms with Crippen molar-refractivity contribution in [2.75, 3.05) is 24.6 Å². The number of aliphatic hydroxyl groups excluding tert-OH is 1. The average molecular weight is 282 g/mol. The van der Waals surface area contributed by atoms with E-state index in [1.165, 1.54) is 18.2 Å². The number of aldehydes is 1. The first-order chi connectivity index (χ1) is 8.37. The number of hydrogen-bond acceptors (Lipinski definition) is 3. The Balaban J connectivity index is 2.98. The minimum absolute atomic E-state index is 0.0765. The van der Waals surface area contributed by atoms with E-state index in [2.05, 4.69) is 0 Å². The molecule has 0 bridgehead atoms. The molecule has 0 aliphatic rings. The Hall–Kier alpha value is -1.27. The number of rotatable bonds is 5. The molecule has 0 saturated carbocycles. The zero-order chi connectivity index (χ0) is 13.8. The van der Waals surface area contributed by atoms with Crippen LogP contribution in [-0.2, 0) is 0 Å². The van der Waals surface area contributed by atoms with Crippen LogP contribution in [0.25, 0.3) is 0 Å². The van der Waals surface area contributed by atoms with E-state index in [9.17, 15) is 18.0 Å². The molecule has 0 spiro atoms. The maximum Gasteiger partial charge on any atom is 0.405 e. The maximum atomic E-state index is 12.3. The van der Waals surface area contributed by atoms with Gasteiger partial charge >= 0.3 is 6.18 Å². The molecule has 1 N–H and O–H groups in total. The second-order valence-corrected chi connectivity index (χ2v) is 3.99. The number of halogens is 4. The predicted molar refractivity (Wildman–Crippen MR) is 62.2 cm³/mol. The number of carbonyl (C=O) groups excluding carboxylic acids is 1. The van der Waals surface area contributed by atoms with Crippen LogP contribution in [0.4, 0.5) is 18.9 Å². The Kier molecular flexibility index (Phi) is 4.98. The van der Waals surface area contributed by atoms with Crippen LogP contribution in [0, 0.1) is 0 Å². The van der Waals surface area contributed by atoms with Crippen LogP contribution in [0.2, 0.25) is 5.02 Å². The van der Waals surface area contributed by atoms with E-state index in [-0.39, 0.29) is 22.8 Å². The largest absolute Gasteiger partial charge is 0.405 e. The highest BCUT2D eigenvalue weighted by Gasteiger charge is 2.30. The summed E-state index contributed by atoms with van der Waals surface area (Å²) in [5, 5.41) is 8.84. The van der Waals surface area contributed by atoms with E-state index in [0.717, 1.165) is 4.90 Å².